The average molecular weight is 424 g/mol. The van der Waals surface area contributed by atoms with E-state index in [4.69, 9.17) is 4.98 Å². The molecule has 2 aromatic heterocycles. The molecule has 158 valence electrons. The normalized spacial score (nSPS) is 19.3. The molecule has 3 heterocycles. The van der Waals surface area contributed by atoms with Crippen LogP contribution < -0.4 is 10.6 Å². The van der Waals surface area contributed by atoms with E-state index < -0.39 is 0 Å². The van der Waals surface area contributed by atoms with Crippen molar-refractivity contribution < 1.29 is 4.79 Å². The molecule has 1 amide bonds. The average Bonchev–Trinajstić information content (AvgIpc) is 3.25. The second kappa shape index (κ2) is 8.47. The number of anilines is 1. The van der Waals surface area contributed by atoms with Crippen LogP contribution in [0.25, 0.3) is 21.0 Å². The van der Waals surface area contributed by atoms with Crippen molar-refractivity contribution in [3.8, 4) is 0 Å². The minimum Gasteiger partial charge on any atom is -0.351 e. The summed E-state index contributed by atoms with van der Waals surface area (Å²) in [6.45, 7) is 5.51. The van der Waals surface area contributed by atoms with Crippen LogP contribution in [0.3, 0.4) is 0 Å². The predicted octanol–water partition coefficient (Wildman–Crippen LogP) is 4.27. The molecule has 1 saturated carbocycles. The van der Waals surface area contributed by atoms with E-state index in [-0.39, 0.29) is 5.91 Å². The number of benzene rings is 1. The highest BCUT2D eigenvalue weighted by Crippen LogP contribution is 2.33. The minimum atomic E-state index is 0.129. The van der Waals surface area contributed by atoms with Crippen LogP contribution in [0.5, 0.6) is 0 Å². The van der Waals surface area contributed by atoms with Gasteiger partial charge in [-0.1, -0.05) is 19.3 Å². The molecule has 30 heavy (non-hydrogen) atoms. The number of piperazine rings is 1. The van der Waals surface area contributed by atoms with Crippen LogP contribution in [-0.4, -0.2) is 53.0 Å². The van der Waals surface area contributed by atoms with Crippen molar-refractivity contribution in [2.75, 3.05) is 31.5 Å². The van der Waals surface area contributed by atoms with Crippen LogP contribution in [0.15, 0.2) is 24.4 Å². The van der Waals surface area contributed by atoms with Crippen molar-refractivity contribution in [1.29, 1.82) is 0 Å². The summed E-state index contributed by atoms with van der Waals surface area (Å²) in [4.78, 5) is 25.1. The Kier molecular flexibility index (Phi) is 5.56. The van der Waals surface area contributed by atoms with E-state index >= 15 is 0 Å². The van der Waals surface area contributed by atoms with Crippen LogP contribution >= 0.6 is 11.3 Å². The van der Waals surface area contributed by atoms with E-state index in [1.807, 2.05) is 17.2 Å². The molecule has 6 nitrogen and oxygen atoms in total. The zero-order valence-corrected chi connectivity index (χ0v) is 18.3. The monoisotopic (exact) mass is 423 g/mol. The largest absolute Gasteiger partial charge is 0.351 e. The number of hydrogen-bond donors (Lipinski definition) is 2. The van der Waals surface area contributed by atoms with Gasteiger partial charge in [0.1, 0.15) is 0 Å². The van der Waals surface area contributed by atoms with Gasteiger partial charge in [-0.25, -0.2) is 9.97 Å². The molecule has 5 rings (SSSR count). The standard InChI is InChI=1S/C23H29N5OS/c1-15(16-5-3-2-4-6-16)26-23-25-14-17-7-8-19-18(21(17)27-23)13-20(30-19)22(29)28-11-9-24-10-12-28/h7-8,13-16,24H,2-6,9-12H2,1H3,(H,25,26,27)/t15-/m1/s1. The first-order valence-corrected chi connectivity index (χ1v) is 12.0. The lowest BCUT2D eigenvalue weighted by Crippen LogP contribution is -2.46. The van der Waals surface area contributed by atoms with Gasteiger partial charge in [0, 0.05) is 53.9 Å². The summed E-state index contributed by atoms with van der Waals surface area (Å²) in [5, 5.41) is 8.91. The lowest BCUT2D eigenvalue weighted by molar-refractivity contribution is 0.0741. The van der Waals surface area contributed by atoms with Gasteiger partial charge in [-0.3, -0.25) is 4.79 Å². The predicted molar refractivity (Wildman–Crippen MR) is 123 cm³/mol. The van der Waals surface area contributed by atoms with Crippen molar-refractivity contribution in [3.05, 3.63) is 29.3 Å². The number of rotatable bonds is 4. The molecule has 2 fully saturated rings. The Balaban J connectivity index is 1.43. The van der Waals surface area contributed by atoms with Crippen LogP contribution in [0, 0.1) is 5.92 Å². The van der Waals surface area contributed by atoms with Gasteiger partial charge < -0.3 is 15.5 Å². The summed E-state index contributed by atoms with van der Waals surface area (Å²) in [5.74, 6) is 1.51. The number of nitrogens with one attached hydrogen (secondary N) is 2. The van der Waals surface area contributed by atoms with E-state index in [0.29, 0.717) is 17.9 Å². The van der Waals surface area contributed by atoms with E-state index in [2.05, 4.69) is 34.7 Å². The third-order valence-electron chi connectivity index (χ3n) is 6.58. The number of hydrogen-bond acceptors (Lipinski definition) is 6. The summed E-state index contributed by atoms with van der Waals surface area (Å²) in [6, 6.07) is 6.53. The molecule has 0 bridgehead atoms. The fourth-order valence-electron chi connectivity index (χ4n) is 4.76. The number of carbonyl (C=O) groups is 1. The zero-order chi connectivity index (χ0) is 20.5. The minimum absolute atomic E-state index is 0.129. The van der Waals surface area contributed by atoms with Gasteiger partial charge in [0.15, 0.2) is 0 Å². The van der Waals surface area contributed by atoms with E-state index in [9.17, 15) is 4.79 Å². The Labute approximate surface area is 181 Å². The van der Waals surface area contributed by atoms with Crippen molar-refractivity contribution in [2.24, 2.45) is 5.92 Å². The Morgan fingerprint density at radius 1 is 1.23 bits per heavy atom. The van der Waals surface area contributed by atoms with E-state index in [1.54, 1.807) is 11.3 Å². The maximum absolute atomic E-state index is 13.0. The number of nitrogens with zero attached hydrogens (tertiary/aromatic N) is 3. The molecule has 0 radical (unpaired) electrons. The van der Waals surface area contributed by atoms with Gasteiger partial charge in [0.2, 0.25) is 5.95 Å². The van der Waals surface area contributed by atoms with Gasteiger partial charge in [-0.2, -0.15) is 0 Å². The lowest BCUT2D eigenvalue weighted by atomic mass is 9.85. The fourth-order valence-corrected chi connectivity index (χ4v) is 5.79. The molecule has 3 aromatic rings. The molecule has 1 atom stereocenters. The van der Waals surface area contributed by atoms with Crippen molar-refractivity contribution in [3.63, 3.8) is 0 Å². The molecular weight excluding hydrogens is 394 g/mol. The number of thiophene rings is 1. The second-order valence-electron chi connectivity index (χ2n) is 8.59. The maximum Gasteiger partial charge on any atom is 0.264 e. The number of fused-ring (bicyclic) bond motifs is 3. The summed E-state index contributed by atoms with van der Waals surface area (Å²) in [6.07, 6.45) is 8.49. The molecule has 1 aromatic carbocycles. The summed E-state index contributed by atoms with van der Waals surface area (Å²) in [5.41, 5.74) is 0.927. The SMILES string of the molecule is C[C@@H](Nc1ncc2ccc3sc(C(=O)N4CCNCC4)cc3c2n1)C1CCCCC1. The first-order chi connectivity index (χ1) is 14.7. The molecular formula is C23H29N5OS. The molecule has 1 aliphatic carbocycles. The number of carbonyl (C=O) groups excluding carboxylic acids is 1. The number of amides is 1. The third-order valence-corrected chi connectivity index (χ3v) is 7.66. The van der Waals surface area contributed by atoms with Crippen LogP contribution in [0.4, 0.5) is 5.95 Å². The highest BCUT2D eigenvalue weighted by Gasteiger charge is 2.22. The molecule has 0 unspecified atom stereocenters. The quantitative estimate of drug-likeness (QED) is 0.656. The van der Waals surface area contributed by atoms with Crippen LogP contribution in [0.1, 0.15) is 48.7 Å². The Hall–Kier alpha value is -2.25. The van der Waals surface area contributed by atoms with Gasteiger partial charge in [-0.05, 0) is 43.9 Å². The molecule has 1 saturated heterocycles. The van der Waals surface area contributed by atoms with E-state index in [1.165, 1.54) is 32.1 Å². The molecule has 2 N–H and O–H groups in total. The second-order valence-corrected chi connectivity index (χ2v) is 9.68. The molecule has 1 aliphatic heterocycles. The summed E-state index contributed by atoms with van der Waals surface area (Å²) >= 11 is 1.56. The summed E-state index contributed by atoms with van der Waals surface area (Å²) < 4.78 is 1.10. The topological polar surface area (TPSA) is 70.2 Å². The highest BCUT2D eigenvalue weighted by molar-refractivity contribution is 7.21. The van der Waals surface area contributed by atoms with Gasteiger partial charge >= 0.3 is 0 Å². The van der Waals surface area contributed by atoms with Gasteiger partial charge in [0.25, 0.3) is 5.91 Å². The van der Waals surface area contributed by atoms with Gasteiger partial charge in [-0.15, -0.1) is 11.3 Å². The molecule has 7 heteroatoms. The summed E-state index contributed by atoms with van der Waals surface area (Å²) in [7, 11) is 0. The molecule has 0 spiro atoms. The highest BCUT2D eigenvalue weighted by atomic mass is 32.1. The smallest absolute Gasteiger partial charge is 0.264 e. The maximum atomic E-state index is 13.0. The third kappa shape index (κ3) is 3.88. The van der Waals surface area contributed by atoms with Crippen molar-refractivity contribution >= 4 is 44.2 Å². The Morgan fingerprint density at radius 3 is 2.83 bits per heavy atom. The Morgan fingerprint density at radius 2 is 2.03 bits per heavy atom. The van der Waals surface area contributed by atoms with E-state index in [0.717, 1.165) is 52.0 Å². The first-order valence-electron chi connectivity index (χ1n) is 11.1. The zero-order valence-electron chi connectivity index (χ0n) is 17.5. The van der Waals surface area contributed by atoms with Crippen LogP contribution in [0.2, 0.25) is 0 Å². The van der Waals surface area contributed by atoms with Crippen molar-refractivity contribution in [2.45, 2.75) is 45.1 Å². The first kappa shape index (κ1) is 19.7. The van der Waals surface area contributed by atoms with Crippen LogP contribution in [-0.2, 0) is 0 Å². The lowest BCUT2D eigenvalue weighted by Gasteiger charge is -2.28. The fraction of sp³-hybridized carbons (Fsp3) is 0.522. The molecule has 2 aliphatic rings. The van der Waals surface area contributed by atoms with Gasteiger partial charge in [0.05, 0.1) is 10.4 Å². The number of aromatic nitrogens is 2. The van der Waals surface area contributed by atoms with Crippen molar-refractivity contribution in [1.82, 2.24) is 20.2 Å². The Bertz CT molecular complexity index is 1050.